The fourth-order valence-electron chi connectivity index (χ4n) is 0.801. The summed E-state index contributed by atoms with van der Waals surface area (Å²) in [5, 5.41) is 0. The molecule has 54 valence electrons. The van der Waals surface area contributed by atoms with Crippen LogP contribution in [0.5, 0.6) is 0 Å². The predicted molar refractivity (Wildman–Crippen MR) is 48.0 cm³/mol. The molecular weight excluding hydrogens is 164 g/mol. The zero-order chi connectivity index (χ0) is 7.56. The summed E-state index contributed by atoms with van der Waals surface area (Å²) in [4.78, 5) is 1.02. The van der Waals surface area contributed by atoms with Gasteiger partial charge in [-0.05, 0) is 24.1 Å². The molecule has 0 saturated carbocycles. The zero-order valence-corrected chi connectivity index (χ0v) is 7.41. The summed E-state index contributed by atoms with van der Waals surface area (Å²) < 4.78 is 0. The lowest BCUT2D eigenvalue weighted by atomic mass is 10.2. The van der Waals surface area contributed by atoms with Crippen molar-refractivity contribution in [2.45, 2.75) is 17.7 Å². The van der Waals surface area contributed by atoms with E-state index < -0.39 is 0 Å². The number of halogens is 1. The van der Waals surface area contributed by atoms with E-state index in [4.69, 9.17) is 11.6 Å². The number of aryl methyl sites for hydroxylation is 1. The van der Waals surface area contributed by atoms with E-state index in [1.54, 1.807) is 0 Å². The minimum atomic E-state index is 0.578. The van der Waals surface area contributed by atoms with Crippen molar-refractivity contribution in [3.05, 3.63) is 29.3 Å². The van der Waals surface area contributed by atoms with Crippen LogP contribution < -0.4 is 0 Å². The van der Waals surface area contributed by atoms with E-state index in [-0.39, 0.29) is 0 Å². The van der Waals surface area contributed by atoms with E-state index in [1.165, 1.54) is 5.56 Å². The molecule has 1 aromatic rings. The molecule has 1 aromatic carbocycles. The van der Waals surface area contributed by atoms with Crippen molar-refractivity contribution < 1.29 is 0 Å². The number of hydrogen-bond donors (Lipinski definition) is 1. The van der Waals surface area contributed by atoms with Gasteiger partial charge in [-0.3, -0.25) is 0 Å². The number of rotatable bonds is 1. The Morgan fingerprint density at radius 1 is 1.50 bits per heavy atom. The molecule has 0 saturated heterocycles. The van der Waals surface area contributed by atoms with Gasteiger partial charge in [-0.2, -0.15) is 0 Å². The second-order valence-electron chi connectivity index (χ2n) is 2.25. The molecule has 10 heavy (non-hydrogen) atoms. The first-order valence-corrected chi connectivity index (χ1v) is 4.06. The molecular formula is C8H9ClS. The molecule has 0 radical (unpaired) electrons. The Bertz CT molecular complexity index is 233. The van der Waals surface area contributed by atoms with Gasteiger partial charge >= 0.3 is 0 Å². The maximum Gasteiger partial charge on any atom is 0.0474 e. The summed E-state index contributed by atoms with van der Waals surface area (Å²) in [6.07, 6.45) is 0. The molecule has 0 unspecified atom stereocenters. The normalized spacial score (nSPS) is 9.90. The van der Waals surface area contributed by atoms with Crippen LogP contribution in [-0.2, 0) is 5.88 Å². The Kier molecular flexibility index (Phi) is 2.64. The third-order valence-corrected chi connectivity index (χ3v) is 2.23. The molecule has 0 aliphatic rings. The minimum absolute atomic E-state index is 0.578. The highest BCUT2D eigenvalue weighted by molar-refractivity contribution is 7.80. The van der Waals surface area contributed by atoms with Crippen molar-refractivity contribution in [2.75, 3.05) is 0 Å². The maximum absolute atomic E-state index is 5.63. The Morgan fingerprint density at radius 3 is 2.70 bits per heavy atom. The maximum atomic E-state index is 5.63. The smallest absolute Gasteiger partial charge is 0.0474 e. The Hall–Kier alpha value is -0.140. The lowest BCUT2D eigenvalue weighted by Crippen LogP contribution is -1.80. The van der Waals surface area contributed by atoms with Crippen LogP contribution in [0.15, 0.2) is 23.1 Å². The monoisotopic (exact) mass is 172 g/mol. The van der Waals surface area contributed by atoms with E-state index in [0.29, 0.717) is 5.88 Å². The van der Waals surface area contributed by atoms with E-state index in [9.17, 15) is 0 Å². The molecule has 0 spiro atoms. The molecule has 0 heterocycles. The standard InChI is InChI=1S/C8H9ClS/c1-6-4-7(5-9)2-3-8(6)10/h2-4,10H,5H2,1H3. The van der Waals surface area contributed by atoms with Crippen molar-refractivity contribution in [1.29, 1.82) is 0 Å². The van der Waals surface area contributed by atoms with Crippen molar-refractivity contribution in [1.82, 2.24) is 0 Å². The Labute approximate surface area is 71.6 Å². The molecule has 0 aliphatic heterocycles. The lowest BCUT2D eigenvalue weighted by molar-refractivity contribution is 1.25. The topological polar surface area (TPSA) is 0 Å². The van der Waals surface area contributed by atoms with Gasteiger partial charge in [-0.1, -0.05) is 12.1 Å². The first-order valence-electron chi connectivity index (χ1n) is 3.08. The van der Waals surface area contributed by atoms with E-state index in [2.05, 4.69) is 18.7 Å². The van der Waals surface area contributed by atoms with Gasteiger partial charge in [0.15, 0.2) is 0 Å². The van der Waals surface area contributed by atoms with Gasteiger partial charge in [0.2, 0.25) is 0 Å². The molecule has 1 rings (SSSR count). The van der Waals surface area contributed by atoms with Gasteiger partial charge in [0.1, 0.15) is 0 Å². The van der Waals surface area contributed by atoms with Gasteiger partial charge in [0.25, 0.3) is 0 Å². The molecule has 0 aliphatic carbocycles. The average molecular weight is 173 g/mol. The van der Waals surface area contributed by atoms with E-state index >= 15 is 0 Å². The number of hydrogen-bond acceptors (Lipinski definition) is 1. The summed E-state index contributed by atoms with van der Waals surface area (Å²) in [7, 11) is 0. The van der Waals surface area contributed by atoms with E-state index in [0.717, 1.165) is 10.5 Å². The van der Waals surface area contributed by atoms with Gasteiger partial charge < -0.3 is 0 Å². The summed E-state index contributed by atoms with van der Waals surface area (Å²) in [6, 6.07) is 6.01. The van der Waals surface area contributed by atoms with Gasteiger partial charge in [-0.15, -0.1) is 24.2 Å². The second kappa shape index (κ2) is 3.31. The highest BCUT2D eigenvalue weighted by atomic mass is 35.5. The highest BCUT2D eigenvalue weighted by Gasteiger charge is 1.93. The van der Waals surface area contributed by atoms with Crippen LogP contribution in [0.3, 0.4) is 0 Å². The molecule has 0 aromatic heterocycles. The molecule has 2 heteroatoms. The van der Waals surface area contributed by atoms with Gasteiger partial charge in [-0.25, -0.2) is 0 Å². The van der Waals surface area contributed by atoms with E-state index in [1.807, 2.05) is 19.1 Å². The number of thiol groups is 1. The van der Waals surface area contributed by atoms with Crippen LogP contribution in [0.2, 0.25) is 0 Å². The number of benzene rings is 1. The fourth-order valence-corrected chi connectivity index (χ4v) is 1.11. The second-order valence-corrected chi connectivity index (χ2v) is 3.00. The Balaban J connectivity index is 3.04. The zero-order valence-electron chi connectivity index (χ0n) is 5.76. The highest BCUT2D eigenvalue weighted by Crippen LogP contribution is 2.15. The third-order valence-electron chi connectivity index (χ3n) is 1.42. The summed E-state index contributed by atoms with van der Waals surface area (Å²) in [6.45, 7) is 2.03. The van der Waals surface area contributed by atoms with Crippen molar-refractivity contribution >= 4 is 24.2 Å². The quantitative estimate of drug-likeness (QED) is 0.489. The largest absolute Gasteiger partial charge is 0.143 e. The summed E-state index contributed by atoms with van der Waals surface area (Å²) in [5.41, 5.74) is 2.33. The molecule has 0 fully saturated rings. The van der Waals surface area contributed by atoms with Crippen molar-refractivity contribution in [2.24, 2.45) is 0 Å². The molecule has 0 bridgehead atoms. The summed E-state index contributed by atoms with van der Waals surface area (Å²) >= 11 is 9.87. The minimum Gasteiger partial charge on any atom is -0.143 e. The molecule has 0 atom stereocenters. The molecule has 0 nitrogen and oxygen atoms in total. The first kappa shape index (κ1) is 7.96. The van der Waals surface area contributed by atoms with Crippen LogP contribution in [0.1, 0.15) is 11.1 Å². The average Bonchev–Trinajstić information content (AvgIpc) is 1.95. The first-order chi connectivity index (χ1) is 4.74. The predicted octanol–water partition coefficient (Wildman–Crippen LogP) is 3.02. The van der Waals surface area contributed by atoms with Crippen LogP contribution in [-0.4, -0.2) is 0 Å². The van der Waals surface area contributed by atoms with Crippen LogP contribution in [0, 0.1) is 6.92 Å². The SMILES string of the molecule is Cc1cc(CCl)ccc1S. The van der Waals surface area contributed by atoms with Crippen LogP contribution in [0.4, 0.5) is 0 Å². The van der Waals surface area contributed by atoms with Crippen LogP contribution in [0.25, 0.3) is 0 Å². The van der Waals surface area contributed by atoms with Gasteiger partial charge in [0, 0.05) is 10.8 Å². The summed E-state index contributed by atoms with van der Waals surface area (Å²) in [5.74, 6) is 0.578. The van der Waals surface area contributed by atoms with Gasteiger partial charge in [0.05, 0.1) is 0 Å². The van der Waals surface area contributed by atoms with Crippen molar-refractivity contribution in [3.8, 4) is 0 Å². The fraction of sp³-hybridized carbons (Fsp3) is 0.250. The molecule has 0 N–H and O–H groups in total. The Morgan fingerprint density at radius 2 is 2.20 bits per heavy atom. The van der Waals surface area contributed by atoms with Crippen LogP contribution >= 0.6 is 24.2 Å². The number of alkyl halides is 1. The van der Waals surface area contributed by atoms with Crippen molar-refractivity contribution in [3.63, 3.8) is 0 Å². The molecule has 0 amide bonds. The third kappa shape index (κ3) is 1.68. The lowest BCUT2D eigenvalue weighted by Gasteiger charge is -1.99.